The van der Waals surface area contributed by atoms with Gasteiger partial charge in [-0.05, 0) is 76.9 Å². The number of methoxy groups -OCH3 is 1. The summed E-state index contributed by atoms with van der Waals surface area (Å²) in [5, 5.41) is 14.7. The van der Waals surface area contributed by atoms with E-state index >= 15 is 0 Å². The summed E-state index contributed by atoms with van der Waals surface area (Å²) < 4.78 is 47.7. The van der Waals surface area contributed by atoms with Gasteiger partial charge in [0.2, 0.25) is 23.7 Å². The minimum absolute atomic E-state index is 0.0583. The Kier molecular flexibility index (Phi) is 15.4. The van der Waals surface area contributed by atoms with Gasteiger partial charge in [-0.25, -0.2) is 9.97 Å². The number of carbonyl (C=O) groups is 4. The first-order valence-corrected chi connectivity index (χ1v) is 24.4. The van der Waals surface area contributed by atoms with Crippen LogP contribution >= 0.6 is 0 Å². The molecule has 4 amide bonds. The molecule has 4 aromatic heterocycles. The number of fused-ring (bicyclic) bond motifs is 2. The zero-order valence-corrected chi connectivity index (χ0v) is 41.1. The zero-order chi connectivity index (χ0) is 50.4. The van der Waals surface area contributed by atoms with Gasteiger partial charge in [0.1, 0.15) is 40.5 Å². The molecule has 6 N–H and O–H groups in total. The van der Waals surface area contributed by atoms with Gasteiger partial charge in [0.05, 0.1) is 29.5 Å². The summed E-state index contributed by atoms with van der Waals surface area (Å²) >= 11 is 0. The fraction of sp³-hybridized carbons (Fsp3) is 0.404. The molecule has 70 heavy (non-hydrogen) atoms. The molecule has 0 unspecified atom stereocenters. The number of amides is 4. The van der Waals surface area contributed by atoms with Gasteiger partial charge in [0.15, 0.2) is 0 Å². The number of aryl methyl sites for hydroxylation is 4. The number of hydrogen-bond acceptors (Lipinski definition) is 12. The third-order valence-corrected chi connectivity index (χ3v) is 14.1. The zero-order valence-electron chi connectivity index (χ0n) is 40.3. The number of rotatable bonds is 19. The van der Waals surface area contributed by atoms with Crippen molar-refractivity contribution in [2.24, 2.45) is 17.4 Å². The second kappa shape index (κ2) is 21.4. The topological polar surface area (TPSA) is 275 Å². The lowest BCUT2D eigenvalue weighted by Crippen LogP contribution is -2.46. The van der Waals surface area contributed by atoms with Crippen molar-refractivity contribution in [3.63, 3.8) is 0 Å². The number of piperidine rings is 1. The Hall–Kier alpha value is -7.55. The minimum Gasteiger partial charge on any atom is -0.494 e. The van der Waals surface area contributed by atoms with Crippen LogP contribution in [0, 0.1) is 31.6 Å². The number of allylic oxidation sites excluding steroid dienone is 2. The molecule has 0 saturated carbocycles. The van der Waals surface area contributed by atoms with Crippen LogP contribution in [-0.2, 0) is 36.4 Å². The molecule has 0 radical (unpaired) electrons. The number of hydrogen-bond donors (Lipinski definition) is 4. The summed E-state index contributed by atoms with van der Waals surface area (Å²) in [7, 11) is -2.10. The predicted octanol–water partition coefficient (Wildman–Crippen LogP) is 4.08. The van der Waals surface area contributed by atoms with Crippen molar-refractivity contribution in [2.45, 2.75) is 80.6 Å². The Labute approximate surface area is 405 Å². The van der Waals surface area contributed by atoms with Crippen LogP contribution in [0.4, 0.5) is 11.9 Å². The first kappa shape index (κ1) is 50.3. The molecule has 7 rings (SSSR count). The van der Waals surface area contributed by atoms with E-state index in [1.807, 2.05) is 39.8 Å². The quantitative estimate of drug-likeness (QED) is 0.0660. The normalized spacial score (nSPS) is 13.5. The van der Waals surface area contributed by atoms with Gasteiger partial charge in [-0.15, -0.1) is 0 Å². The van der Waals surface area contributed by atoms with E-state index < -0.39 is 33.8 Å². The first-order chi connectivity index (χ1) is 33.5. The predicted molar refractivity (Wildman–Crippen MR) is 263 cm³/mol. The van der Waals surface area contributed by atoms with Crippen molar-refractivity contribution in [1.82, 2.24) is 47.3 Å². The largest absolute Gasteiger partial charge is 0.494 e. The molecule has 0 spiro atoms. The Morgan fingerprint density at radius 2 is 1.23 bits per heavy atom. The van der Waals surface area contributed by atoms with Crippen molar-refractivity contribution in [1.29, 1.82) is 0 Å². The van der Waals surface area contributed by atoms with E-state index in [1.54, 1.807) is 44.5 Å². The molecule has 6 aromatic rings. The maximum atomic E-state index is 13.9. The number of primary amides is 2. The molecule has 1 aliphatic rings. The average molecular weight is 979 g/mol. The van der Waals surface area contributed by atoms with E-state index in [9.17, 15) is 27.6 Å². The standard InChI is InChI=1S/C47H58N14O8S/c1-8-56(9-2)70(66,67)57-20-16-31(17-21-57)15-14-22-69-39-28-33(43(49)63)26-35-41(39)59(47(51-35)53-45(65)37-24-30(6)55-61(37)11-4)19-13-12-18-58-40-34(25-32(42(48)62)27-38(40)68-7)50-46(58)52-44(64)36-23-29(5)54-60(36)10-3/h12-13,23-28,31H,8-11,16-22H2,1-7H3,(H2,48,62)(H2,49,63)(H,50,52,64)(H,51,53,65)/b13-12+. The number of nitrogens with zero attached hydrogens (tertiary/aromatic N) is 10. The second-order valence-electron chi connectivity index (χ2n) is 16.4. The summed E-state index contributed by atoms with van der Waals surface area (Å²) in [5.41, 5.74) is 15.2. The number of ether oxygens (including phenoxy) is 2. The lowest BCUT2D eigenvalue weighted by Gasteiger charge is -2.32. The Morgan fingerprint density at radius 3 is 1.67 bits per heavy atom. The molecular weight excluding hydrogens is 921 g/mol. The summed E-state index contributed by atoms with van der Waals surface area (Å²) in [4.78, 5) is 62.0. The number of nitrogens with two attached hydrogens (primary N) is 2. The number of anilines is 2. The van der Waals surface area contributed by atoms with Gasteiger partial charge in [-0.2, -0.15) is 27.2 Å². The molecule has 0 atom stereocenters. The molecule has 22 nitrogen and oxygen atoms in total. The van der Waals surface area contributed by atoms with E-state index in [2.05, 4.69) is 32.7 Å². The van der Waals surface area contributed by atoms with Crippen LogP contribution in [0.2, 0.25) is 0 Å². The number of carbonyl (C=O) groups excluding carboxylic acids is 4. The summed E-state index contributed by atoms with van der Waals surface area (Å²) in [6.07, 6.45) is 4.74. The van der Waals surface area contributed by atoms with Crippen molar-refractivity contribution in [3.8, 4) is 23.3 Å². The van der Waals surface area contributed by atoms with Gasteiger partial charge < -0.3 is 30.1 Å². The van der Waals surface area contributed by atoms with E-state index in [0.717, 1.165) is 0 Å². The lowest BCUT2D eigenvalue weighted by atomic mass is 9.99. The van der Waals surface area contributed by atoms with Crippen LogP contribution in [0.5, 0.6) is 11.5 Å². The smallest absolute Gasteiger partial charge is 0.281 e. The van der Waals surface area contributed by atoms with E-state index in [0.29, 0.717) is 97.0 Å². The highest BCUT2D eigenvalue weighted by atomic mass is 32.2. The molecule has 0 bridgehead atoms. The van der Waals surface area contributed by atoms with Crippen LogP contribution < -0.4 is 31.6 Å². The van der Waals surface area contributed by atoms with E-state index in [1.165, 1.54) is 40.0 Å². The summed E-state index contributed by atoms with van der Waals surface area (Å²) in [5.74, 6) is 4.69. The number of aromatic nitrogens is 8. The van der Waals surface area contributed by atoms with Crippen LogP contribution in [0.15, 0.2) is 48.6 Å². The van der Waals surface area contributed by atoms with E-state index in [4.69, 9.17) is 30.9 Å². The average Bonchev–Trinajstić information content (AvgIpc) is 4.11. The number of imidazole rings is 2. The maximum Gasteiger partial charge on any atom is 0.281 e. The third-order valence-electron chi connectivity index (χ3n) is 11.9. The molecule has 1 saturated heterocycles. The minimum atomic E-state index is -3.55. The van der Waals surface area contributed by atoms with Crippen LogP contribution in [0.1, 0.15) is 93.6 Å². The Balaban J connectivity index is 1.22. The highest BCUT2D eigenvalue weighted by Gasteiger charge is 2.31. The van der Waals surface area contributed by atoms with Crippen molar-refractivity contribution in [2.75, 3.05) is 50.5 Å². The summed E-state index contributed by atoms with van der Waals surface area (Å²) in [6, 6.07) is 9.37. The van der Waals surface area contributed by atoms with Gasteiger partial charge >= 0.3 is 0 Å². The Morgan fingerprint density at radius 1 is 0.757 bits per heavy atom. The molecule has 1 aliphatic heterocycles. The fourth-order valence-corrected chi connectivity index (χ4v) is 10.1. The van der Waals surface area contributed by atoms with Crippen LogP contribution in [0.3, 0.4) is 0 Å². The molecular formula is C47H58N14O8S. The maximum absolute atomic E-state index is 13.9. The van der Waals surface area contributed by atoms with Crippen molar-refractivity contribution < 1.29 is 37.1 Å². The molecule has 5 heterocycles. The molecule has 2 aromatic carbocycles. The highest BCUT2D eigenvalue weighted by Crippen LogP contribution is 2.33. The van der Waals surface area contributed by atoms with Gasteiger partial charge in [0.25, 0.3) is 22.0 Å². The lowest BCUT2D eigenvalue weighted by molar-refractivity contribution is 0.0991. The van der Waals surface area contributed by atoms with Crippen LogP contribution in [-0.4, -0.2) is 119 Å². The second-order valence-corrected chi connectivity index (χ2v) is 18.4. The third kappa shape index (κ3) is 10.5. The molecule has 1 fully saturated rings. The number of benzene rings is 2. The van der Waals surface area contributed by atoms with Crippen molar-refractivity contribution >= 4 is 67.8 Å². The summed E-state index contributed by atoms with van der Waals surface area (Å²) in [6.45, 7) is 13.5. The highest BCUT2D eigenvalue weighted by molar-refractivity contribution is 7.86. The first-order valence-electron chi connectivity index (χ1n) is 23.0. The molecule has 0 aliphatic carbocycles. The number of nitrogens with one attached hydrogen (secondary N) is 2. The SMILES string of the molecule is CCN(CC)S(=O)(=O)N1CCC(C#CCOc2cc(C(N)=O)cc3nc(NC(=O)c4cc(C)nn4CC)n(C/C=C/Cn4c(NC(=O)c5cc(C)nn5CC)nc5cc(C(N)=O)cc(OC)c54)c23)CC1. The van der Waals surface area contributed by atoms with Crippen LogP contribution in [0.25, 0.3) is 22.1 Å². The van der Waals surface area contributed by atoms with E-state index in [-0.39, 0.29) is 60.1 Å². The Bertz CT molecular complexity index is 3180. The monoisotopic (exact) mass is 978 g/mol. The molecule has 370 valence electrons. The van der Waals surface area contributed by atoms with Gasteiger partial charge in [-0.1, -0.05) is 37.8 Å². The fourth-order valence-electron chi connectivity index (χ4n) is 8.43. The molecule has 23 heteroatoms. The van der Waals surface area contributed by atoms with Gasteiger partial charge in [-0.3, -0.25) is 39.2 Å². The van der Waals surface area contributed by atoms with Crippen molar-refractivity contribution in [3.05, 3.63) is 82.5 Å². The van der Waals surface area contributed by atoms with Gasteiger partial charge in [0, 0.05) is 69.4 Å².